The Labute approximate surface area is 104 Å². The minimum atomic E-state index is -4.80. The molecule has 0 aliphatic heterocycles. The zero-order valence-corrected chi connectivity index (χ0v) is 10.5. The van der Waals surface area contributed by atoms with Crippen molar-refractivity contribution in [1.29, 1.82) is 0 Å². The van der Waals surface area contributed by atoms with Gasteiger partial charge in [0.05, 0.1) is 7.11 Å². The van der Waals surface area contributed by atoms with E-state index in [0.29, 0.717) is 5.75 Å². The van der Waals surface area contributed by atoms with Crippen molar-refractivity contribution in [3.05, 3.63) is 29.8 Å². The zero-order chi connectivity index (χ0) is 12.9. The third-order valence-corrected chi connectivity index (χ3v) is 2.27. The van der Waals surface area contributed by atoms with Crippen LogP contribution >= 0.6 is 12.2 Å². The number of hydroxylamine groups is 1. The number of rotatable bonds is 5. The largest absolute Gasteiger partial charge is 0.724 e. The van der Waals surface area contributed by atoms with E-state index in [1.165, 1.54) is 7.11 Å². The lowest BCUT2D eigenvalue weighted by Gasteiger charge is -2.10. The Kier molecular flexibility index (Phi) is 4.82. The van der Waals surface area contributed by atoms with E-state index in [2.05, 4.69) is 4.28 Å². The van der Waals surface area contributed by atoms with Gasteiger partial charge in [0.25, 0.3) is 0 Å². The van der Waals surface area contributed by atoms with Crippen molar-refractivity contribution in [2.24, 2.45) is 0 Å². The Morgan fingerprint density at radius 1 is 1.53 bits per heavy atom. The van der Waals surface area contributed by atoms with Gasteiger partial charge >= 0.3 is 0 Å². The van der Waals surface area contributed by atoms with Crippen LogP contribution in [0.1, 0.15) is 5.56 Å². The molecular formula is C9H10NO5S2-. The summed E-state index contributed by atoms with van der Waals surface area (Å²) in [5.74, 6) is 0.655. The summed E-state index contributed by atoms with van der Waals surface area (Å²) in [7, 11) is -3.27. The maximum Gasteiger partial charge on any atom is 0.238 e. The molecule has 0 atom stereocenters. The Morgan fingerprint density at radius 3 is 2.82 bits per heavy atom. The lowest BCUT2D eigenvalue weighted by atomic mass is 10.1. The van der Waals surface area contributed by atoms with Crippen LogP contribution in [0.2, 0.25) is 0 Å². The van der Waals surface area contributed by atoms with Crippen LogP contribution in [0.3, 0.4) is 0 Å². The van der Waals surface area contributed by atoms with Crippen molar-refractivity contribution in [1.82, 2.24) is 5.48 Å². The molecule has 0 unspecified atom stereocenters. The summed E-state index contributed by atoms with van der Waals surface area (Å²) in [6.07, 6.45) is 0.238. The fourth-order valence-electron chi connectivity index (χ4n) is 1.10. The van der Waals surface area contributed by atoms with Crippen molar-refractivity contribution in [2.45, 2.75) is 6.42 Å². The number of ether oxygens (including phenoxy) is 1. The van der Waals surface area contributed by atoms with Crippen LogP contribution in [0.4, 0.5) is 0 Å². The summed E-state index contributed by atoms with van der Waals surface area (Å²) >= 11 is 4.80. The van der Waals surface area contributed by atoms with Gasteiger partial charge in [-0.3, -0.25) is 0 Å². The quantitative estimate of drug-likeness (QED) is 0.363. The van der Waals surface area contributed by atoms with Gasteiger partial charge in [0.1, 0.15) is 10.7 Å². The number of nitrogens with one attached hydrogen (secondary N) is 1. The van der Waals surface area contributed by atoms with Crippen LogP contribution in [0, 0.1) is 0 Å². The highest BCUT2D eigenvalue weighted by Crippen LogP contribution is 2.13. The normalized spacial score (nSPS) is 10.9. The van der Waals surface area contributed by atoms with Crippen LogP contribution < -0.4 is 10.2 Å². The second-order valence-electron chi connectivity index (χ2n) is 3.05. The molecule has 0 radical (unpaired) electrons. The molecule has 0 fully saturated rings. The van der Waals surface area contributed by atoms with Crippen LogP contribution in [-0.2, 0) is 21.1 Å². The van der Waals surface area contributed by atoms with Crippen LogP contribution in [0.15, 0.2) is 24.3 Å². The van der Waals surface area contributed by atoms with Gasteiger partial charge in [-0.2, -0.15) is 4.28 Å². The van der Waals surface area contributed by atoms with Crippen LogP contribution in [0.25, 0.3) is 0 Å². The van der Waals surface area contributed by atoms with Gasteiger partial charge in [0.15, 0.2) is 0 Å². The average molecular weight is 276 g/mol. The monoisotopic (exact) mass is 276 g/mol. The molecule has 1 aromatic rings. The fourth-order valence-corrected chi connectivity index (χ4v) is 1.57. The van der Waals surface area contributed by atoms with Crippen molar-refractivity contribution in [3.8, 4) is 5.75 Å². The summed E-state index contributed by atoms with van der Waals surface area (Å²) < 4.78 is 39.3. The second kappa shape index (κ2) is 5.92. The van der Waals surface area contributed by atoms with Gasteiger partial charge < -0.3 is 9.29 Å². The fraction of sp³-hybridized carbons (Fsp3) is 0.222. The van der Waals surface area contributed by atoms with Crippen molar-refractivity contribution < 1.29 is 22.0 Å². The summed E-state index contributed by atoms with van der Waals surface area (Å²) in [6.45, 7) is 0. The molecule has 1 N–H and O–H groups in total. The van der Waals surface area contributed by atoms with E-state index in [-0.39, 0.29) is 11.4 Å². The number of thiocarbonyl (C=S) groups is 1. The molecular weight excluding hydrogens is 266 g/mol. The highest BCUT2D eigenvalue weighted by atomic mass is 32.3. The Hall–Kier alpha value is -1.22. The molecule has 0 aliphatic rings. The molecule has 0 aliphatic carbocycles. The molecule has 94 valence electrons. The average Bonchev–Trinajstić information content (AvgIpc) is 2.26. The van der Waals surface area contributed by atoms with E-state index in [9.17, 15) is 13.0 Å². The van der Waals surface area contributed by atoms with Crippen LogP contribution in [-0.4, -0.2) is 25.1 Å². The van der Waals surface area contributed by atoms with Crippen molar-refractivity contribution in [3.63, 3.8) is 0 Å². The maximum absolute atomic E-state index is 10.2. The third-order valence-electron chi connectivity index (χ3n) is 1.76. The number of hydrogen-bond acceptors (Lipinski definition) is 6. The summed E-state index contributed by atoms with van der Waals surface area (Å²) in [5.41, 5.74) is 2.70. The molecule has 0 spiro atoms. The molecule has 1 aromatic carbocycles. The Bertz CT molecular complexity index is 500. The smallest absolute Gasteiger partial charge is 0.238 e. The number of methoxy groups -OCH3 is 1. The van der Waals surface area contributed by atoms with E-state index >= 15 is 0 Å². The van der Waals surface area contributed by atoms with Crippen molar-refractivity contribution in [2.75, 3.05) is 7.11 Å². The zero-order valence-electron chi connectivity index (χ0n) is 8.87. The molecule has 17 heavy (non-hydrogen) atoms. The highest BCUT2D eigenvalue weighted by molar-refractivity contribution is 7.81. The van der Waals surface area contributed by atoms with Gasteiger partial charge in [-0.1, -0.05) is 24.4 Å². The molecule has 0 amide bonds. The molecule has 0 bridgehead atoms. The SMILES string of the molecule is COc1cccc(CC(=S)NOS(=O)(=O)[O-])c1. The van der Waals surface area contributed by atoms with Crippen molar-refractivity contribution >= 4 is 27.6 Å². The van der Waals surface area contributed by atoms with Gasteiger partial charge in [-0.15, -0.1) is 0 Å². The van der Waals surface area contributed by atoms with Gasteiger partial charge in [0, 0.05) is 6.42 Å². The summed E-state index contributed by atoms with van der Waals surface area (Å²) in [4.78, 5) is 0.0812. The Balaban J connectivity index is 2.56. The third kappa shape index (κ3) is 5.59. The van der Waals surface area contributed by atoms with Gasteiger partial charge in [-0.25, -0.2) is 13.9 Å². The first-order chi connectivity index (χ1) is 7.90. The first-order valence-electron chi connectivity index (χ1n) is 4.47. The highest BCUT2D eigenvalue weighted by Gasteiger charge is 2.02. The predicted molar refractivity (Wildman–Crippen MR) is 63.2 cm³/mol. The molecule has 0 heterocycles. The summed E-state index contributed by atoms with van der Waals surface area (Å²) in [6, 6.07) is 7.04. The molecule has 8 heteroatoms. The number of hydrogen-bond donors (Lipinski definition) is 1. The standard InChI is InChI=1S/C9H11NO5S2/c1-14-8-4-2-3-7(5-8)6-9(16)10-15-17(11,12)13/h2-5H,6H2,1H3,(H,10,16)(H,11,12,13)/p-1. The first kappa shape index (κ1) is 13.8. The maximum atomic E-state index is 10.2. The second-order valence-corrected chi connectivity index (χ2v) is 4.52. The van der Waals surface area contributed by atoms with E-state index in [1.807, 2.05) is 5.48 Å². The van der Waals surface area contributed by atoms with Gasteiger partial charge in [-0.05, 0) is 17.7 Å². The van der Waals surface area contributed by atoms with Gasteiger partial charge in [0.2, 0.25) is 10.4 Å². The minimum Gasteiger partial charge on any atom is -0.724 e. The van der Waals surface area contributed by atoms with E-state index in [1.54, 1.807) is 24.3 Å². The van der Waals surface area contributed by atoms with Crippen LogP contribution in [0.5, 0.6) is 5.75 Å². The Morgan fingerprint density at radius 2 is 2.24 bits per heavy atom. The minimum absolute atomic E-state index is 0.0812. The first-order valence-corrected chi connectivity index (χ1v) is 6.21. The lowest BCUT2D eigenvalue weighted by Crippen LogP contribution is -2.26. The number of benzene rings is 1. The molecule has 0 saturated heterocycles. The summed E-state index contributed by atoms with van der Waals surface area (Å²) in [5, 5.41) is 0. The topological polar surface area (TPSA) is 87.7 Å². The molecule has 0 aromatic heterocycles. The molecule has 6 nitrogen and oxygen atoms in total. The molecule has 0 saturated carbocycles. The van der Waals surface area contributed by atoms with E-state index in [4.69, 9.17) is 17.0 Å². The van der Waals surface area contributed by atoms with E-state index < -0.39 is 10.4 Å². The van der Waals surface area contributed by atoms with E-state index in [0.717, 1.165) is 5.56 Å². The molecule has 1 rings (SSSR count). The predicted octanol–water partition coefficient (Wildman–Crippen LogP) is 0.546. The lowest BCUT2D eigenvalue weighted by molar-refractivity contribution is 0.222.